The van der Waals surface area contributed by atoms with Crippen LogP contribution in [0.5, 0.6) is 0 Å². The van der Waals surface area contributed by atoms with Crippen molar-refractivity contribution in [2.75, 3.05) is 13.1 Å². The van der Waals surface area contributed by atoms with Gasteiger partial charge in [0.1, 0.15) is 4.90 Å². The molecule has 1 amide bonds. The number of hydrogen-bond donors (Lipinski definition) is 3. The van der Waals surface area contributed by atoms with E-state index in [0.29, 0.717) is 17.0 Å². The number of nitrogens with zero attached hydrogens (tertiary/aromatic N) is 1. The van der Waals surface area contributed by atoms with Gasteiger partial charge < -0.3 is 5.32 Å². The van der Waals surface area contributed by atoms with Gasteiger partial charge in [0.2, 0.25) is 10.0 Å². The molecular formula is C14H17BrN4O3S. The second-order valence-electron chi connectivity index (χ2n) is 4.92. The molecule has 0 radical (unpaired) electrons. The Hall–Kier alpha value is -1.71. The normalized spacial score (nSPS) is 11.4. The van der Waals surface area contributed by atoms with Crippen LogP contribution in [0.25, 0.3) is 0 Å². The van der Waals surface area contributed by atoms with E-state index in [0.717, 1.165) is 4.47 Å². The van der Waals surface area contributed by atoms with Crippen LogP contribution in [0.3, 0.4) is 0 Å². The molecule has 2 aromatic rings. The summed E-state index contributed by atoms with van der Waals surface area (Å²) >= 11 is 3.29. The van der Waals surface area contributed by atoms with E-state index in [1.807, 2.05) is 0 Å². The summed E-state index contributed by atoms with van der Waals surface area (Å²) in [6.45, 7) is 3.54. The Morgan fingerprint density at radius 3 is 2.43 bits per heavy atom. The first-order valence-electron chi connectivity index (χ1n) is 6.86. The summed E-state index contributed by atoms with van der Waals surface area (Å²) < 4.78 is 27.7. The third-order valence-corrected chi connectivity index (χ3v) is 5.39. The Morgan fingerprint density at radius 2 is 1.87 bits per heavy atom. The van der Waals surface area contributed by atoms with Gasteiger partial charge in [0.25, 0.3) is 5.91 Å². The van der Waals surface area contributed by atoms with Crippen LogP contribution in [-0.2, 0) is 10.0 Å². The highest BCUT2D eigenvalue weighted by molar-refractivity contribution is 9.10. The van der Waals surface area contributed by atoms with Crippen LogP contribution < -0.4 is 10.0 Å². The molecule has 0 saturated heterocycles. The smallest absolute Gasteiger partial charge is 0.251 e. The van der Waals surface area contributed by atoms with Gasteiger partial charge in [-0.15, -0.1) is 0 Å². The van der Waals surface area contributed by atoms with Gasteiger partial charge in [-0.05, 0) is 38.1 Å². The van der Waals surface area contributed by atoms with Crippen LogP contribution in [0, 0.1) is 13.8 Å². The van der Waals surface area contributed by atoms with Crippen molar-refractivity contribution in [1.29, 1.82) is 0 Å². The molecule has 2 rings (SSSR count). The number of carbonyl (C=O) groups is 1. The average Bonchev–Trinajstić information content (AvgIpc) is 2.84. The quantitative estimate of drug-likeness (QED) is 0.638. The van der Waals surface area contributed by atoms with Crippen molar-refractivity contribution in [2.45, 2.75) is 18.7 Å². The first-order valence-corrected chi connectivity index (χ1v) is 9.14. The second kappa shape index (κ2) is 7.24. The molecule has 0 aliphatic heterocycles. The molecule has 0 fully saturated rings. The van der Waals surface area contributed by atoms with Gasteiger partial charge in [0.05, 0.1) is 11.4 Å². The van der Waals surface area contributed by atoms with Crippen LogP contribution in [0.2, 0.25) is 0 Å². The number of benzene rings is 1. The molecular weight excluding hydrogens is 384 g/mol. The van der Waals surface area contributed by atoms with Gasteiger partial charge in [-0.1, -0.05) is 15.9 Å². The summed E-state index contributed by atoms with van der Waals surface area (Å²) in [4.78, 5) is 12.0. The highest BCUT2D eigenvalue weighted by atomic mass is 79.9. The zero-order valence-corrected chi connectivity index (χ0v) is 15.1. The third kappa shape index (κ3) is 4.40. The molecule has 0 spiro atoms. The number of nitrogens with one attached hydrogen (secondary N) is 3. The highest BCUT2D eigenvalue weighted by Gasteiger charge is 2.21. The fourth-order valence-electron chi connectivity index (χ4n) is 2.07. The number of aromatic nitrogens is 2. The number of aromatic amines is 1. The van der Waals surface area contributed by atoms with Crippen molar-refractivity contribution >= 4 is 31.9 Å². The first kappa shape index (κ1) is 17.6. The molecule has 0 aliphatic rings. The second-order valence-corrected chi connectivity index (χ2v) is 7.54. The number of sulfonamides is 1. The lowest BCUT2D eigenvalue weighted by Gasteiger charge is -2.08. The van der Waals surface area contributed by atoms with E-state index in [2.05, 4.69) is 36.2 Å². The van der Waals surface area contributed by atoms with E-state index in [-0.39, 0.29) is 23.9 Å². The van der Waals surface area contributed by atoms with Crippen LogP contribution in [-0.4, -0.2) is 37.6 Å². The van der Waals surface area contributed by atoms with E-state index in [1.165, 1.54) is 0 Å². The Kier molecular flexibility index (Phi) is 5.55. The summed E-state index contributed by atoms with van der Waals surface area (Å²) in [5, 5.41) is 9.16. The minimum atomic E-state index is -3.65. The van der Waals surface area contributed by atoms with Gasteiger partial charge in [-0.2, -0.15) is 5.10 Å². The zero-order valence-electron chi connectivity index (χ0n) is 12.7. The van der Waals surface area contributed by atoms with Crippen molar-refractivity contribution in [3.8, 4) is 0 Å². The van der Waals surface area contributed by atoms with Crippen molar-refractivity contribution in [3.05, 3.63) is 45.7 Å². The van der Waals surface area contributed by atoms with Crippen LogP contribution in [0.15, 0.2) is 33.6 Å². The molecule has 9 heteroatoms. The van der Waals surface area contributed by atoms with Crippen molar-refractivity contribution < 1.29 is 13.2 Å². The third-order valence-electron chi connectivity index (χ3n) is 3.14. The summed E-state index contributed by atoms with van der Waals surface area (Å²) in [5.74, 6) is -0.257. The maximum absolute atomic E-state index is 12.2. The lowest BCUT2D eigenvalue weighted by molar-refractivity contribution is 0.0954. The number of carbonyl (C=O) groups excluding carboxylic acids is 1. The summed E-state index contributed by atoms with van der Waals surface area (Å²) in [6.07, 6.45) is 0. The lowest BCUT2D eigenvalue weighted by atomic mass is 10.2. The summed E-state index contributed by atoms with van der Waals surface area (Å²) in [5.41, 5.74) is 1.40. The predicted octanol–water partition coefficient (Wildman–Crippen LogP) is 1.50. The van der Waals surface area contributed by atoms with Crippen LogP contribution in [0.4, 0.5) is 0 Å². The van der Waals surface area contributed by atoms with Gasteiger partial charge >= 0.3 is 0 Å². The Labute approximate surface area is 143 Å². The SMILES string of the molecule is Cc1n[nH]c(C)c1S(=O)(=O)NCCNC(=O)c1ccc(Br)cc1. The Balaban J connectivity index is 1.88. The topological polar surface area (TPSA) is 104 Å². The average molecular weight is 401 g/mol. The number of hydrogen-bond acceptors (Lipinski definition) is 4. The van der Waals surface area contributed by atoms with Crippen molar-refractivity contribution in [3.63, 3.8) is 0 Å². The molecule has 1 aromatic heterocycles. The molecule has 0 bridgehead atoms. The van der Waals surface area contributed by atoms with Gasteiger partial charge in [0, 0.05) is 23.1 Å². The van der Waals surface area contributed by atoms with E-state index < -0.39 is 10.0 Å². The molecule has 23 heavy (non-hydrogen) atoms. The number of rotatable bonds is 6. The maximum atomic E-state index is 12.2. The standard InChI is InChI=1S/C14H17BrN4O3S/c1-9-13(10(2)19-18-9)23(21,22)17-8-7-16-14(20)11-3-5-12(15)6-4-11/h3-6,17H,7-8H2,1-2H3,(H,16,20)(H,18,19). The maximum Gasteiger partial charge on any atom is 0.251 e. The summed E-state index contributed by atoms with van der Waals surface area (Å²) in [7, 11) is -3.65. The fourth-order valence-corrected chi connectivity index (χ4v) is 3.74. The molecule has 1 aromatic carbocycles. The van der Waals surface area contributed by atoms with Crippen molar-refractivity contribution in [1.82, 2.24) is 20.2 Å². The molecule has 0 atom stereocenters. The molecule has 3 N–H and O–H groups in total. The first-order chi connectivity index (χ1) is 10.8. The predicted molar refractivity (Wildman–Crippen MR) is 89.7 cm³/mol. The molecule has 124 valence electrons. The van der Waals surface area contributed by atoms with Crippen LogP contribution in [0.1, 0.15) is 21.7 Å². The highest BCUT2D eigenvalue weighted by Crippen LogP contribution is 2.15. The zero-order chi connectivity index (χ0) is 17.0. The van der Waals surface area contributed by atoms with E-state index in [4.69, 9.17) is 0 Å². The lowest BCUT2D eigenvalue weighted by Crippen LogP contribution is -2.35. The molecule has 7 nitrogen and oxygen atoms in total. The summed E-state index contributed by atoms with van der Waals surface area (Å²) in [6, 6.07) is 6.90. The Morgan fingerprint density at radius 1 is 1.22 bits per heavy atom. The monoisotopic (exact) mass is 400 g/mol. The van der Waals surface area contributed by atoms with Crippen LogP contribution >= 0.6 is 15.9 Å². The minimum absolute atomic E-state index is 0.0919. The minimum Gasteiger partial charge on any atom is -0.351 e. The molecule has 0 aliphatic carbocycles. The van der Waals surface area contributed by atoms with Gasteiger partial charge in [0.15, 0.2) is 0 Å². The van der Waals surface area contributed by atoms with Crippen molar-refractivity contribution in [2.24, 2.45) is 0 Å². The number of aryl methyl sites for hydroxylation is 2. The van der Waals surface area contributed by atoms with E-state index in [9.17, 15) is 13.2 Å². The van der Waals surface area contributed by atoms with E-state index in [1.54, 1.807) is 38.1 Å². The Bertz CT molecular complexity index is 780. The number of amides is 1. The molecule has 0 saturated carbocycles. The van der Waals surface area contributed by atoms with E-state index >= 15 is 0 Å². The number of halogens is 1. The van der Waals surface area contributed by atoms with Gasteiger partial charge in [-0.25, -0.2) is 13.1 Å². The fraction of sp³-hybridized carbons (Fsp3) is 0.286. The number of H-pyrrole nitrogens is 1. The largest absolute Gasteiger partial charge is 0.351 e. The molecule has 1 heterocycles. The molecule has 0 unspecified atom stereocenters. The van der Waals surface area contributed by atoms with Gasteiger partial charge in [-0.3, -0.25) is 9.89 Å².